The first-order valence-corrected chi connectivity index (χ1v) is 11.6. The van der Waals surface area contributed by atoms with Crippen LogP contribution in [0, 0.1) is 19.7 Å². The van der Waals surface area contributed by atoms with Crippen LogP contribution in [0.25, 0.3) is 0 Å². The van der Waals surface area contributed by atoms with E-state index in [1.165, 1.54) is 19.1 Å². The van der Waals surface area contributed by atoms with Crippen LogP contribution in [0.15, 0.2) is 29.2 Å². The van der Waals surface area contributed by atoms with Crippen molar-refractivity contribution in [3.8, 4) is 0 Å². The molecule has 0 bridgehead atoms. The zero-order valence-corrected chi connectivity index (χ0v) is 19.5. The second kappa shape index (κ2) is 9.74. The van der Waals surface area contributed by atoms with E-state index in [-0.39, 0.29) is 18.0 Å². The summed E-state index contributed by atoms with van der Waals surface area (Å²) in [5, 5.41) is 0. The predicted octanol–water partition coefficient (Wildman–Crippen LogP) is 3.72. The minimum absolute atomic E-state index is 0.0456. The van der Waals surface area contributed by atoms with Crippen molar-refractivity contribution in [2.24, 2.45) is 0 Å². The van der Waals surface area contributed by atoms with E-state index in [4.69, 9.17) is 4.74 Å². The monoisotopic (exact) mass is 452 g/mol. The lowest BCUT2D eigenvalue weighted by Gasteiger charge is -2.26. The summed E-state index contributed by atoms with van der Waals surface area (Å²) in [6.45, 7) is 10.8. The van der Waals surface area contributed by atoms with Gasteiger partial charge in [-0.3, -0.25) is 4.79 Å². The van der Waals surface area contributed by atoms with E-state index in [1.54, 1.807) is 32.3 Å². The number of ketones is 1. The Morgan fingerprint density at radius 3 is 2.19 bits per heavy atom. The normalized spacial score (nSPS) is 12.8. The van der Waals surface area contributed by atoms with Gasteiger partial charge in [0.15, 0.2) is 5.78 Å². The molecular weight excluding hydrogens is 423 g/mol. The quantitative estimate of drug-likeness (QED) is 0.428. The molecule has 0 N–H and O–H groups in total. The van der Waals surface area contributed by atoms with E-state index in [9.17, 15) is 22.4 Å². The molecule has 0 spiro atoms. The molecule has 1 aromatic carbocycles. The van der Waals surface area contributed by atoms with Gasteiger partial charge in [0.05, 0.1) is 17.5 Å². The fourth-order valence-corrected chi connectivity index (χ4v) is 5.45. The summed E-state index contributed by atoms with van der Waals surface area (Å²) in [6, 6.07) is 3.45. The van der Waals surface area contributed by atoms with E-state index >= 15 is 0 Å². The van der Waals surface area contributed by atoms with E-state index in [1.807, 2.05) is 6.92 Å². The SMILES string of the molecule is CCOC(=O)c1c(C)c(C(=O)C(C)N(CC)S(=O)(=O)c2ccc(F)cc2)c(C)n1CC. The molecule has 170 valence electrons. The van der Waals surface area contributed by atoms with E-state index in [0.29, 0.717) is 29.1 Å². The summed E-state index contributed by atoms with van der Waals surface area (Å²) in [5.41, 5.74) is 1.65. The molecular formula is C22H29FN2O5S. The molecule has 0 saturated carbocycles. The number of halogens is 1. The highest BCUT2D eigenvalue weighted by Crippen LogP contribution is 2.27. The van der Waals surface area contributed by atoms with Gasteiger partial charge < -0.3 is 9.30 Å². The minimum atomic E-state index is -4.03. The highest BCUT2D eigenvalue weighted by Gasteiger charge is 2.35. The third-order valence-corrected chi connectivity index (χ3v) is 7.40. The number of benzene rings is 1. The lowest BCUT2D eigenvalue weighted by molar-refractivity contribution is 0.0512. The molecule has 0 aliphatic carbocycles. The Hall–Kier alpha value is -2.52. The number of ether oxygens (including phenoxy) is 1. The van der Waals surface area contributed by atoms with Crippen LogP contribution < -0.4 is 0 Å². The first-order valence-electron chi connectivity index (χ1n) is 10.2. The smallest absolute Gasteiger partial charge is 0.355 e. The molecule has 2 rings (SSSR count). The molecule has 9 heteroatoms. The molecule has 0 radical (unpaired) electrons. The third-order valence-electron chi connectivity index (χ3n) is 5.34. The van der Waals surface area contributed by atoms with Gasteiger partial charge in [-0.2, -0.15) is 4.31 Å². The maximum atomic E-state index is 13.4. The molecule has 0 aliphatic rings. The summed E-state index contributed by atoms with van der Waals surface area (Å²) in [7, 11) is -4.03. The topological polar surface area (TPSA) is 85.7 Å². The fraction of sp³-hybridized carbons (Fsp3) is 0.455. The highest BCUT2D eigenvalue weighted by atomic mass is 32.2. The second-order valence-electron chi connectivity index (χ2n) is 7.10. The van der Waals surface area contributed by atoms with Crippen molar-refractivity contribution in [2.45, 2.75) is 59.0 Å². The zero-order chi connectivity index (χ0) is 23.5. The Labute approximate surface area is 182 Å². The van der Waals surface area contributed by atoms with Gasteiger partial charge in [0.2, 0.25) is 10.0 Å². The van der Waals surface area contributed by atoms with Crippen LogP contribution in [0.2, 0.25) is 0 Å². The average Bonchev–Trinajstić information content (AvgIpc) is 2.97. The standard InChI is InChI=1S/C22H29FN2O5S/c1-7-24-15(5)19(14(4)20(24)22(27)30-9-3)21(26)16(6)25(8-2)31(28,29)18-12-10-17(23)11-13-18/h10-13,16H,7-9H2,1-6H3. The summed E-state index contributed by atoms with van der Waals surface area (Å²) < 4.78 is 47.4. The molecule has 1 unspecified atom stereocenters. The number of carbonyl (C=O) groups is 2. The highest BCUT2D eigenvalue weighted by molar-refractivity contribution is 7.89. The third kappa shape index (κ3) is 4.57. The van der Waals surface area contributed by atoms with Gasteiger partial charge in [-0.15, -0.1) is 0 Å². The number of esters is 1. The number of sulfonamides is 1. The Morgan fingerprint density at radius 1 is 1.13 bits per heavy atom. The minimum Gasteiger partial charge on any atom is -0.461 e. The van der Waals surface area contributed by atoms with E-state index in [0.717, 1.165) is 16.4 Å². The van der Waals surface area contributed by atoms with Crippen molar-refractivity contribution in [3.63, 3.8) is 0 Å². The van der Waals surface area contributed by atoms with Crippen molar-refractivity contribution in [1.82, 2.24) is 8.87 Å². The van der Waals surface area contributed by atoms with Crippen LogP contribution in [0.5, 0.6) is 0 Å². The number of carbonyl (C=O) groups excluding carboxylic acids is 2. The Bertz CT molecular complexity index is 1070. The van der Waals surface area contributed by atoms with Crippen LogP contribution in [0.1, 0.15) is 59.8 Å². The fourth-order valence-electron chi connectivity index (χ4n) is 3.85. The zero-order valence-electron chi connectivity index (χ0n) is 18.7. The van der Waals surface area contributed by atoms with Gasteiger partial charge in [0, 0.05) is 24.3 Å². The van der Waals surface area contributed by atoms with Crippen LogP contribution >= 0.6 is 0 Å². The number of likely N-dealkylation sites (N-methyl/N-ethyl adjacent to an activating group) is 1. The molecule has 0 amide bonds. The van der Waals surface area contributed by atoms with Crippen molar-refractivity contribution in [1.29, 1.82) is 0 Å². The Morgan fingerprint density at radius 2 is 1.71 bits per heavy atom. The van der Waals surface area contributed by atoms with Gasteiger partial charge in [0.25, 0.3) is 0 Å². The first kappa shape index (κ1) is 24.7. The molecule has 1 heterocycles. The van der Waals surface area contributed by atoms with Crippen LogP contribution in [-0.2, 0) is 21.3 Å². The maximum absolute atomic E-state index is 13.4. The van der Waals surface area contributed by atoms with Crippen LogP contribution in [-0.4, -0.2) is 48.2 Å². The van der Waals surface area contributed by atoms with Gasteiger partial charge in [-0.05, 0) is 64.4 Å². The van der Waals surface area contributed by atoms with Gasteiger partial charge in [0.1, 0.15) is 11.5 Å². The van der Waals surface area contributed by atoms with E-state index in [2.05, 4.69) is 0 Å². The van der Waals surface area contributed by atoms with Crippen molar-refractivity contribution in [2.75, 3.05) is 13.2 Å². The van der Waals surface area contributed by atoms with Crippen LogP contribution in [0.3, 0.4) is 0 Å². The summed E-state index contributed by atoms with van der Waals surface area (Å²) >= 11 is 0. The average molecular weight is 453 g/mol. The molecule has 7 nitrogen and oxygen atoms in total. The number of hydrogen-bond donors (Lipinski definition) is 0. The molecule has 0 saturated heterocycles. The predicted molar refractivity (Wildman–Crippen MR) is 115 cm³/mol. The van der Waals surface area contributed by atoms with Crippen LogP contribution in [0.4, 0.5) is 4.39 Å². The summed E-state index contributed by atoms with van der Waals surface area (Å²) in [4.78, 5) is 25.8. The maximum Gasteiger partial charge on any atom is 0.355 e. The van der Waals surface area contributed by atoms with Gasteiger partial charge >= 0.3 is 5.97 Å². The van der Waals surface area contributed by atoms with Crippen molar-refractivity contribution < 1.29 is 27.1 Å². The molecule has 31 heavy (non-hydrogen) atoms. The lowest BCUT2D eigenvalue weighted by Crippen LogP contribution is -2.43. The second-order valence-corrected chi connectivity index (χ2v) is 8.99. The largest absolute Gasteiger partial charge is 0.461 e. The van der Waals surface area contributed by atoms with Crippen molar-refractivity contribution >= 4 is 21.8 Å². The molecule has 1 atom stereocenters. The molecule has 0 fully saturated rings. The Balaban J connectivity index is 2.52. The molecule has 1 aromatic heterocycles. The number of hydrogen-bond acceptors (Lipinski definition) is 5. The number of aromatic nitrogens is 1. The molecule has 2 aromatic rings. The van der Waals surface area contributed by atoms with Gasteiger partial charge in [-0.25, -0.2) is 17.6 Å². The molecule has 0 aliphatic heterocycles. The first-order chi connectivity index (χ1) is 14.5. The van der Waals surface area contributed by atoms with Gasteiger partial charge in [-0.1, -0.05) is 6.92 Å². The van der Waals surface area contributed by atoms with E-state index < -0.39 is 33.6 Å². The lowest BCUT2D eigenvalue weighted by atomic mass is 10.0. The number of Topliss-reactive ketones (excluding diaryl/α,β-unsaturated/α-hetero) is 1. The van der Waals surface area contributed by atoms with Crippen molar-refractivity contribution in [3.05, 3.63) is 52.6 Å². The number of rotatable bonds is 9. The Kier molecular flexibility index (Phi) is 7.77. The number of nitrogens with zero attached hydrogens (tertiary/aromatic N) is 2. The summed E-state index contributed by atoms with van der Waals surface area (Å²) in [6.07, 6.45) is 0. The summed E-state index contributed by atoms with van der Waals surface area (Å²) in [5.74, 6) is -1.49.